The van der Waals surface area contributed by atoms with Gasteiger partial charge in [0.2, 0.25) is 0 Å². The van der Waals surface area contributed by atoms with Crippen molar-refractivity contribution in [3.8, 4) is 78.9 Å². The molecule has 0 amide bonds. The van der Waals surface area contributed by atoms with Crippen LogP contribution < -0.4 is 0 Å². The van der Waals surface area contributed by atoms with Crippen LogP contribution in [0.25, 0.3) is 89.8 Å². The van der Waals surface area contributed by atoms with E-state index in [1.807, 2.05) is 60.7 Å². The topological polar surface area (TPSA) is 51.8 Å². The molecule has 1 aliphatic rings. The summed E-state index contributed by atoms with van der Waals surface area (Å²) < 4.78 is 6.68. The molecule has 9 rings (SSSR count). The van der Waals surface area contributed by atoms with E-state index in [0.29, 0.717) is 17.5 Å². The maximum absolute atomic E-state index is 6.68. The Balaban J connectivity index is 1.21. The third-order valence-corrected chi connectivity index (χ3v) is 8.52. The highest BCUT2D eigenvalue weighted by Crippen LogP contribution is 2.52. The van der Waals surface area contributed by atoms with Gasteiger partial charge >= 0.3 is 0 Å². The van der Waals surface area contributed by atoms with E-state index in [4.69, 9.17) is 19.4 Å². The lowest BCUT2D eigenvalue weighted by Gasteiger charge is -2.11. The molecule has 4 nitrogen and oxygen atoms in total. The summed E-state index contributed by atoms with van der Waals surface area (Å²) in [5.74, 6) is 2.77. The quantitative estimate of drug-likeness (QED) is 0.209. The lowest BCUT2D eigenvalue weighted by Crippen LogP contribution is -2.00. The molecule has 4 heteroatoms. The highest BCUT2D eigenvalue weighted by Gasteiger charge is 2.27. The van der Waals surface area contributed by atoms with Crippen LogP contribution in [-0.2, 0) is 0 Å². The third kappa shape index (κ3) is 4.19. The van der Waals surface area contributed by atoms with E-state index < -0.39 is 0 Å². The summed E-state index contributed by atoms with van der Waals surface area (Å²) >= 11 is 0. The average Bonchev–Trinajstić information content (AvgIpc) is 3.46. The maximum Gasteiger partial charge on any atom is 0.164 e. The van der Waals surface area contributed by atoms with Gasteiger partial charge < -0.3 is 4.42 Å². The second-order valence-electron chi connectivity index (χ2n) is 11.2. The molecule has 2 heterocycles. The van der Waals surface area contributed by atoms with Gasteiger partial charge in [-0.15, -0.1) is 0 Å². The Kier molecular flexibility index (Phi) is 5.78. The molecular formula is C41H25N3O. The van der Waals surface area contributed by atoms with Crippen LogP contribution in [-0.4, -0.2) is 15.0 Å². The number of furan rings is 1. The minimum atomic E-state index is 0.625. The summed E-state index contributed by atoms with van der Waals surface area (Å²) in [6.07, 6.45) is 0. The third-order valence-electron chi connectivity index (χ3n) is 8.52. The molecule has 1 aliphatic carbocycles. The maximum atomic E-state index is 6.68. The highest BCUT2D eigenvalue weighted by molar-refractivity contribution is 6.15. The van der Waals surface area contributed by atoms with Gasteiger partial charge in [-0.2, -0.15) is 0 Å². The second kappa shape index (κ2) is 10.2. The zero-order chi connectivity index (χ0) is 29.7. The molecule has 0 fully saturated rings. The van der Waals surface area contributed by atoms with E-state index in [-0.39, 0.29) is 0 Å². The zero-order valence-electron chi connectivity index (χ0n) is 24.2. The van der Waals surface area contributed by atoms with E-state index in [2.05, 4.69) is 91.0 Å². The summed E-state index contributed by atoms with van der Waals surface area (Å²) in [5, 5.41) is 1.14. The standard InChI is InChI=1S/C41H25N3O/c1-3-12-27(13-4-1)39-42-40(28-14-5-2-6-15-28)44-41(43-39)29-24-22-26(23-25-29)38-37-34-19-10-9-18-32(34)30-16-7-8-17-31(30)33-20-11-21-35(45-38)36(33)37/h1-25H. The van der Waals surface area contributed by atoms with Crippen LogP contribution in [0.4, 0.5) is 0 Å². The molecule has 45 heavy (non-hydrogen) atoms. The Morgan fingerprint density at radius 2 is 0.756 bits per heavy atom. The minimum absolute atomic E-state index is 0.625. The van der Waals surface area contributed by atoms with Gasteiger partial charge in [-0.25, -0.2) is 15.0 Å². The van der Waals surface area contributed by atoms with Crippen LogP contribution in [0.5, 0.6) is 0 Å². The van der Waals surface area contributed by atoms with Crippen molar-refractivity contribution < 1.29 is 4.42 Å². The Labute approximate surface area is 260 Å². The predicted molar refractivity (Wildman–Crippen MR) is 181 cm³/mol. The summed E-state index contributed by atoms with van der Waals surface area (Å²) in [6, 6.07) is 52.1. The smallest absolute Gasteiger partial charge is 0.164 e. The van der Waals surface area contributed by atoms with Crippen LogP contribution in [0.3, 0.4) is 0 Å². The fourth-order valence-corrected chi connectivity index (χ4v) is 6.43. The fraction of sp³-hybridized carbons (Fsp3) is 0. The monoisotopic (exact) mass is 575 g/mol. The Hall–Kier alpha value is -6.13. The first-order chi connectivity index (χ1) is 22.3. The molecule has 210 valence electrons. The lowest BCUT2D eigenvalue weighted by molar-refractivity contribution is 0.632. The second-order valence-corrected chi connectivity index (χ2v) is 11.2. The first-order valence-electron chi connectivity index (χ1n) is 15.0. The molecule has 0 spiro atoms. The molecule has 8 aromatic rings. The fourth-order valence-electron chi connectivity index (χ4n) is 6.43. The van der Waals surface area contributed by atoms with E-state index in [1.54, 1.807) is 0 Å². The van der Waals surface area contributed by atoms with Gasteiger partial charge in [0.15, 0.2) is 17.5 Å². The molecule has 2 aromatic heterocycles. The predicted octanol–water partition coefficient (Wildman–Crippen LogP) is 10.6. The number of hydrogen-bond acceptors (Lipinski definition) is 4. The summed E-state index contributed by atoms with van der Waals surface area (Å²) in [5.41, 5.74) is 11.8. The van der Waals surface area contributed by atoms with Gasteiger partial charge in [-0.3, -0.25) is 0 Å². The van der Waals surface area contributed by atoms with Crippen molar-refractivity contribution in [1.29, 1.82) is 0 Å². The summed E-state index contributed by atoms with van der Waals surface area (Å²) in [7, 11) is 0. The minimum Gasteiger partial charge on any atom is -0.455 e. The Morgan fingerprint density at radius 1 is 0.333 bits per heavy atom. The number of nitrogens with zero attached hydrogens (tertiary/aromatic N) is 3. The van der Waals surface area contributed by atoms with Gasteiger partial charge in [0.1, 0.15) is 11.3 Å². The number of benzene rings is 6. The highest BCUT2D eigenvalue weighted by atomic mass is 16.3. The van der Waals surface area contributed by atoms with Gasteiger partial charge in [0.05, 0.1) is 0 Å². The largest absolute Gasteiger partial charge is 0.455 e. The SMILES string of the molecule is c1ccc(-c2nc(-c3ccccc3)nc(-c3ccc(-c4oc5cccc6c5c4-c4ccccc4-c4ccccc4-6)cc3)n2)cc1. The van der Waals surface area contributed by atoms with Crippen molar-refractivity contribution in [2.45, 2.75) is 0 Å². The molecule has 0 atom stereocenters. The molecule has 0 radical (unpaired) electrons. The van der Waals surface area contributed by atoms with Crippen molar-refractivity contribution in [2.75, 3.05) is 0 Å². The van der Waals surface area contributed by atoms with Crippen molar-refractivity contribution >= 4 is 11.0 Å². The lowest BCUT2D eigenvalue weighted by atomic mass is 9.93. The molecule has 0 N–H and O–H groups in total. The van der Waals surface area contributed by atoms with Crippen molar-refractivity contribution in [3.05, 3.63) is 152 Å². The molecule has 0 saturated heterocycles. The van der Waals surface area contributed by atoms with Gasteiger partial charge in [0.25, 0.3) is 0 Å². The van der Waals surface area contributed by atoms with Crippen LogP contribution in [0.1, 0.15) is 0 Å². The number of fused-ring (bicyclic) bond motifs is 5. The van der Waals surface area contributed by atoms with Crippen molar-refractivity contribution in [2.24, 2.45) is 0 Å². The molecule has 0 saturated carbocycles. The van der Waals surface area contributed by atoms with Crippen molar-refractivity contribution in [1.82, 2.24) is 15.0 Å². The summed E-state index contributed by atoms with van der Waals surface area (Å²) in [4.78, 5) is 14.7. The van der Waals surface area contributed by atoms with Gasteiger partial charge in [0, 0.05) is 33.2 Å². The van der Waals surface area contributed by atoms with E-state index in [1.165, 1.54) is 27.8 Å². The molecular weight excluding hydrogens is 550 g/mol. The Bertz CT molecular complexity index is 2300. The van der Waals surface area contributed by atoms with Gasteiger partial charge in [-0.05, 0) is 33.9 Å². The van der Waals surface area contributed by atoms with E-state index in [9.17, 15) is 0 Å². The van der Waals surface area contributed by atoms with E-state index in [0.717, 1.165) is 44.5 Å². The van der Waals surface area contributed by atoms with Crippen LogP contribution in [0, 0.1) is 0 Å². The first-order valence-corrected chi connectivity index (χ1v) is 15.0. The number of hydrogen-bond donors (Lipinski definition) is 0. The molecule has 0 unspecified atom stereocenters. The average molecular weight is 576 g/mol. The van der Waals surface area contributed by atoms with Crippen LogP contribution in [0.15, 0.2) is 156 Å². The Morgan fingerprint density at radius 3 is 1.33 bits per heavy atom. The molecule has 0 aliphatic heterocycles. The summed E-state index contributed by atoms with van der Waals surface area (Å²) in [6.45, 7) is 0. The van der Waals surface area contributed by atoms with Crippen molar-refractivity contribution in [3.63, 3.8) is 0 Å². The van der Waals surface area contributed by atoms with E-state index >= 15 is 0 Å². The van der Waals surface area contributed by atoms with Gasteiger partial charge in [-0.1, -0.05) is 146 Å². The normalized spacial score (nSPS) is 11.6. The number of aromatic nitrogens is 3. The number of rotatable bonds is 4. The zero-order valence-corrected chi connectivity index (χ0v) is 24.2. The first kappa shape index (κ1) is 25.4. The molecule has 0 bridgehead atoms. The van der Waals surface area contributed by atoms with Crippen LogP contribution >= 0.6 is 0 Å². The molecule has 6 aromatic carbocycles. The van der Waals surface area contributed by atoms with Crippen LogP contribution in [0.2, 0.25) is 0 Å².